The fraction of sp³-hybridized carbons (Fsp3) is 0.370. The van der Waals surface area contributed by atoms with Crippen LogP contribution in [0.25, 0.3) is 16.7 Å². The molecule has 0 saturated carbocycles. The number of hydrogen-bond donors (Lipinski definition) is 1. The summed E-state index contributed by atoms with van der Waals surface area (Å²) in [4.78, 5) is 23.3. The molecule has 2 aromatic carbocycles. The summed E-state index contributed by atoms with van der Waals surface area (Å²) in [6.07, 6.45) is 0.420. The van der Waals surface area contributed by atoms with E-state index in [9.17, 15) is 4.79 Å². The Morgan fingerprint density at radius 3 is 2.42 bits per heavy atom. The van der Waals surface area contributed by atoms with Crippen molar-refractivity contribution in [3.8, 4) is 11.4 Å². The van der Waals surface area contributed by atoms with Gasteiger partial charge in [-0.1, -0.05) is 60.8 Å². The molecule has 5 rings (SSSR count). The van der Waals surface area contributed by atoms with E-state index >= 15 is 0 Å². The van der Waals surface area contributed by atoms with Gasteiger partial charge in [-0.05, 0) is 35.7 Å². The molecule has 1 saturated heterocycles. The summed E-state index contributed by atoms with van der Waals surface area (Å²) in [6, 6.07) is 11.0. The van der Waals surface area contributed by atoms with E-state index in [4.69, 9.17) is 49.3 Å². The number of halogens is 3. The van der Waals surface area contributed by atoms with E-state index in [0.717, 1.165) is 44.2 Å². The second-order valence-corrected chi connectivity index (χ2v) is 10.8. The van der Waals surface area contributed by atoms with Gasteiger partial charge in [0.1, 0.15) is 29.3 Å². The summed E-state index contributed by atoms with van der Waals surface area (Å²) in [6.45, 7) is 8.83. The lowest BCUT2D eigenvalue weighted by atomic mass is 10.1. The highest BCUT2D eigenvalue weighted by atomic mass is 35.5. The lowest BCUT2D eigenvalue weighted by Crippen LogP contribution is -2.38. The summed E-state index contributed by atoms with van der Waals surface area (Å²) in [5.74, 6) is 1.28. The van der Waals surface area contributed by atoms with Gasteiger partial charge < -0.3 is 14.5 Å². The standard InChI is InChI=1S/C27H28Cl3N5O3/c1-16(2)24-23-26(35(33-24)25-20(29)14-18(28)15-21(25)30)31-22(32-27(23)36)13-17-3-5-19(6-4-17)38-12-9-34-7-10-37-11-8-34/h3-6,14-16H,7-13H2,1-2H3,(H,31,32,36). The van der Waals surface area contributed by atoms with E-state index in [0.29, 0.717) is 56.3 Å². The maximum atomic E-state index is 13.2. The van der Waals surface area contributed by atoms with E-state index in [1.807, 2.05) is 38.1 Å². The lowest BCUT2D eigenvalue weighted by Gasteiger charge is -2.26. The maximum Gasteiger partial charge on any atom is 0.262 e. The quantitative estimate of drug-likeness (QED) is 0.298. The number of nitrogens with zero attached hydrogens (tertiary/aromatic N) is 4. The van der Waals surface area contributed by atoms with E-state index in [1.54, 1.807) is 12.1 Å². The van der Waals surface area contributed by atoms with E-state index < -0.39 is 0 Å². The molecule has 4 aromatic rings. The number of ether oxygens (including phenoxy) is 2. The molecule has 0 bridgehead atoms. The summed E-state index contributed by atoms with van der Waals surface area (Å²) in [7, 11) is 0. The van der Waals surface area contributed by atoms with E-state index in [-0.39, 0.29) is 11.5 Å². The van der Waals surface area contributed by atoms with E-state index in [2.05, 4.69) is 15.0 Å². The largest absolute Gasteiger partial charge is 0.492 e. The van der Waals surface area contributed by atoms with Crippen molar-refractivity contribution in [1.82, 2.24) is 24.6 Å². The topological polar surface area (TPSA) is 85.3 Å². The smallest absolute Gasteiger partial charge is 0.262 e. The third-order valence-corrected chi connectivity index (χ3v) is 7.22. The zero-order valence-corrected chi connectivity index (χ0v) is 23.4. The molecule has 0 amide bonds. The van der Waals surface area contributed by atoms with Crippen molar-refractivity contribution in [1.29, 1.82) is 0 Å². The Bertz CT molecular complexity index is 1470. The summed E-state index contributed by atoms with van der Waals surface area (Å²) >= 11 is 19.1. The number of hydrogen-bond acceptors (Lipinski definition) is 6. The highest BCUT2D eigenvalue weighted by molar-refractivity contribution is 6.40. The van der Waals surface area contributed by atoms with Gasteiger partial charge in [-0.3, -0.25) is 9.69 Å². The Morgan fingerprint density at radius 2 is 1.76 bits per heavy atom. The summed E-state index contributed by atoms with van der Waals surface area (Å²) in [5, 5.41) is 6.14. The number of H-pyrrole nitrogens is 1. The van der Waals surface area contributed by atoms with Gasteiger partial charge in [0.05, 0.1) is 29.0 Å². The minimum atomic E-state index is -0.260. The third-order valence-electron chi connectivity index (χ3n) is 6.43. The van der Waals surface area contributed by atoms with Gasteiger partial charge in [-0.2, -0.15) is 5.10 Å². The van der Waals surface area contributed by atoms with Crippen molar-refractivity contribution in [3.05, 3.63) is 78.9 Å². The molecule has 0 radical (unpaired) electrons. The van der Waals surface area contributed by atoms with Crippen LogP contribution in [0.15, 0.2) is 41.2 Å². The zero-order valence-electron chi connectivity index (χ0n) is 21.1. The first-order valence-electron chi connectivity index (χ1n) is 12.5. The number of fused-ring (bicyclic) bond motifs is 1. The average molecular weight is 577 g/mol. The number of aromatic nitrogens is 4. The van der Waals surface area contributed by atoms with Gasteiger partial charge in [0.15, 0.2) is 5.65 Å². The number of morpholine rings is 1. The van der Waals surface area contributed by atoms with Gasteiger partial charge in [0, 0.05) is 31.1 Å². The van der Waals surface area contributed by atoms with Gasteiger partial charge >= 0.3 is 0 Å². The summed E-state index contributed by atoms with van der Waals surface area (Å²) < 4.78 is 12.8. The normalized spacial score (nSPS) is 14.5. The SMILES string of the molecule is CC(C)c1nn(-c2c(Cl)cc(Cl)cc2Cl)c2nc(Cc3ccc(OCCN4CCOCC4)cc3)[nH]c(=O)c12. The highest BCUT2D eigenvalue weighted by Gasteiger charge is 2.23. The molecule has 1 aliphatic rings. The Balaban J connectivity index is 1.40. The molecule has 1 fully saturated rings. The first-order chi connectivity index (χ1) is 18.3. The van der Waals surface area contributed by atoms with Crippen molar-refractivity contribution < 1.29 is 9.47 Å². The Kier molecular flexibility index (Phi) is 8.26. The molecule has 1 N–H and O–H groups in total. The molecule has 0 atom stereocenters. The molecular formula is C27H28Cl3N5O3. The predicted octanol–water partition coefficient (Wildman–Crippen LogP) is 5.49. The van der Waals surface area contributed by atoms with Crippen LogP contribution in [0.1, 0.15) is 36.8 Å². The van der Waals surface area contributed by atoms with Crippen LogP contribution < -0.4 is 10.3 Å². The monoisotopic (exact) mass is 575 g/mol. The predicted molar refractivity (Wildman–Crippen MR) is 151 cm³/mol. The minimum absolute atomic E-state index is 0.0202. The number of benzene rings is 2. The van der Waals surface area contributed by atoms with Gasteiger partial charge in [0.2, 0.25) is 0 Å². The molecule has 8 nitrogen and oxygen atoms in total. The van der Waals surface area contributed by atoms with Gasteiger partial charge in [0.25, 0.3) is 5.56 Å². The van der Waals surface area contributed by atoms with Crippen molar-refractivity contribution in [2.75, 3.05) is 39.5 Å². The molecule has 3 heterocycles. The van der Waals surface area contributed by atoms with Gasteiger partial charge in [-0.25, -0.2) is 9.67 Å². The van der Waals surface area contributed by atoms with Crippen molar-refractivity contribution in [3.63, 3.8) is 0 Å². The highest BCUT2D eigenvalue weighted by Crippen LogP contribution is 2.34. The fourth-order valence-corrected chi connectivity index (χ4v) is 5.47. The van der Waals surface area contributed by atoms with Crippen LogP contribution in [-0.2, 0) is 11.2 Å². The third kappa shape index (κ3) is 5.84. The molecular weight excluding hydrogens is 549 g/mol. The number of aromatic amines is 1. The Hall–Kier alpha value is -2.62. The molecule has 0 spiro atoms. The number of rotatable bonds is 8. The fourth-order valence-electron chi connectivity index (χ4n) is 4.49. The lowest BCUT2D eigenvalue weighted by molar-refractivity contribution is 0.0322. The summed E-state index contributed by atoms with van der Waals surface area (Å²) in [5.41, 5.74) is 2.15. The van der Waals surface area contributed by atoms with Crippen LogP contribution in [-0.4, -0.2) is 64.1 Å². The van der Waals surface area contributed by atoms with Crippen molar-refractivity contribution in [2.45, 2.75) is 26.2 Å². The van der Waals surface area contributed by atoms with Crippen LogP contribution in [0.5, 0.6) is 5.75 Å². The molecule has 200 valence electrons. The number of nitrogens with one attached hydrogen (secondary N) is 1. The zero-order chi connectivity index (χ0) is 26.8. The Labute approximate surface area is 235 Å². The van der Waals surface area contributed by atoms with Crippen LogP contribution in [0, 0.1) is 0 Å². The van der Waals surface area contributed by atoms with Crippen molar-refractivity contribution in [2.24, 2.45) is 0 Å². The minimum Gasteiger partial charge on any atom is -0.492 e. The van der Waals surface area contributed by atoms with Crippen molar-refractivity contribution >= 4 is 45.8 Å². The first-order valence-corrected chi connectivity index (χ1v) is 13.6. The molecule has 38 heavy (non-hydrogen) atoms. The second kappa shape index (κ2) is 11.6. The van der Waals surface area contributed by atoms with Crippen LogP contribution in [0.3, 0.4) is 0 Å². The van der Waals surface area contributed by atoms with Crippen LogP contribution >= 0.6 is 34.8 Å². The Morgan fingerprint density at radius 1 is 1.08 bits per heavy atom. The maximum absolute atomic E-state index is 13.2. The molecule has 11 heteroatoms. The molecule has 2 aromatic heterocycles. The first kappa shape index (κ1) is 27.0. The second-order valence-electron chi connectivity index (χ2n) is 9.50. The molecule has 0 aliphatic carbocycles. The molecule has 1 aliphatic heterocycles. The van der Waals surface area contributed by atoms with E-state index in [1.165, 1.54) is 4.68 Å². The van der Waals surface area contributed by atoms with Gasteiger partial charge in [-0.15, -0.1) is 0 Å². The average Bonchev–Trinajstić information content (AvgIpc) is 3.25. The van der Waals surface area contributed by atoms with Crippen LogP contribution in [0.2, 0.25) is 15.1 Å². The van der Waals surface area contributed by atoms with Crippen LogP contribution in [0.4, 0.5) is 0 Å². The molecule has 0 unspecified atom stereocenters.